The number of amides is 1. The summed E-state index contributed by atoms with van der Waals surface area (Å²) in [7, 11) is 0. The van der Waals surface area contributed by atoms with Crippen molar-refractivity contribution in [3.63, 3.8) is 0 Å². The maximum absolute atomic E-state index is 13.1. The molecule has 1 atom stereocenters. The molecule has 4 aromatic rings. The molecule has 3 heterocycles. The van der Waals surface area contributed by atoms with E-state index >= 15 is 0 Å². The summed E-state index contributed by atoms with van der Waals surface area (Å²) in [6.45, 7) is 1.54. The zero-order valence-corrected chi connectivity index (χ0v) is 17.5. The number of benzene rings is 2. The van der Waals surface area contributed by atoms with Gasteiger partial charge in [0.2, 0.25) is 5.91 Å². The monoisotopic (exact) mass is 430 g/mol. The molecule has 0 aliphatic carbocycles. The normalized spacial score (nSPS) is 16.3. The summed E-state index contributed by atoms with van der Waals surface area (Å²) >= 11 is 0. The predicted molar refractivity (Wildman–Crippen MR) is 120 cm³/mol. The van der Waals surface area contributed by atoms with E-state index in [1.807, 2.05) is 42.5 Å². The molecule has 2 aromatic carbocycles. The first-order chi connectivity index (χ1) is 15.7. The molecule has 0 bridgehead atoms. The smallest absolute Gasteiger partial charge is 0.224 e. The van der Waals surface area contributed by atoms with Crippen molar-refractivity contribution in [2.75, 3.05) is 18.0 Å². The highest BCUT2D eigenvalue weighted by molar-refractivity contribution is 5.79. The number of hydrogen-bond acceptors (Lipinski definition) is 5. The van der Waals surface area contributed by atoms with Crippen LogP contribution in [0.5, 0.6) is 0 Å². The van der Waals surface area contributed by atoms with Crippen LogP contribution in [0, 0.1) is 5.82 Å². The quantitative estimate of drug-likeness (QED) is 0.526. The van der Waals surface area contributed by atoms with Crippen molar-refractivity contribution >= 4 is 17.4 Å². The molecule has 7 nitrogen and oxygen atoms in total. The first kappa shape index (κ1) is 20.1. The van der Waals surface area contributed by atoms with E-state index in [4.69, 9.17) is 5.10 Å². The van der Waals surface area contributed by atoms with Crippen LogP contribution in [0.2, 0.25) is 0 Å². The van der Waals surface area contributed by atoms with Gasteiger partial charge in [-0.2, -0.15) is 4.52 Å². The molecule has 1 aliphatic heterocycles. The van der Waals surface area contributed by atoms with Gasteiger partial charge in [0, 0.05) is 24.7 Å². The molecule has 1 N–H and O–H groups in total. The van der Waals surface area contributed by atoms with Gasteiger partial charge in [0.05, 0.1) is 6.42 Å². The molecule has 5 rings (SSSR count). The van der Waals surface area contributed by atoms with E-state index < -0.39 is 0 Å². The molecule has 2 aromatic heterocycles. The summed E-state index contributed by atoms with van der Waals surface area (Å²) < 4.78 is 14.8. The number of carbonyl (C=O) groups excluding carboxylic acids is 1. The lowest BCUT2D eigenvalue weighted by Gasteiger charge is -2.33. The zero-order valence-electron chi connectivity index (χ0n) is 17.5. The van der Waals surface area contributed by atoms with Crippen molar-refractivity contribution in [2.45, 2.75) is 25.3 Å². The third-order valence-electron chi connectivity index (χ3n) is 5.67. The van der Waals surface area contributed by atoms with Crippen LogP contribution in [0.3, 0.4) is 0 Å². The molecule has 162 valence electrons. The fourth-order valence-electron chi connectivity index (χ4n) is 4.08. The fraction of sp³-hybridized carbons (Fsp3) is 0.250. The van der Waals surface area contributed by atoms with Crippen LogP contribution in [-0.2, 0) is 11.2 Å². The molecule has 0 spiro atoms. The van der Waals surface area contributed by atoms with Crippen molar-refractivity contribution in [2.24, 2.45) is 0 Å². The Bertz CT molecular complexity index is 1220. The Kier molecular flexibility index (Phi) is 5.49. The van der Waals surface area contributed by atoms with Crippen LogP contribution in [0.25, 0.3) is 17.0 Å². The van der Waals surface area contributed by atoms with Gasteiger partial charge >= 0.3 is 0 Å². The van der Waals surface area contributed by atoms with Gasteiger partial charge in [0.25, 0.3) is 0 Å². The van der Waals surface area contributed by atoms with Crippen molar-refractivity contribution in [3.8, 4) is 11.4 Å². The van der Waals surface area contributed by atoms with Crippen LogP contribution >= 0.6 is 0 Å². The highest BCUT2D eigenvalue weighted by Gasteiger charge is 2.23. The molecular weight excluding hydrogens is 407 g/mol. The van der Waals surface area contributed by atoms with Gasteiger partial charge < -0.3 is 10.2 Å². The fourth-order valence-corrected chi connectivity index (χ4v) is 4.08. The largest absolute Gasteiger partial charge is 0.353 e. The van der Waals surface area contributed by atoms with Crippen molar-refractivity contribution in [1.29, 1.82) is 0 Å². The Morgan fingerprint density at radius 1 is 1.03 bits per heavy atom. The average molecular weight is 430 g/mol. The van der Waals surface area contributed by atoms with Crippen molar-refractivity contribution in [1.82, 2.24) is 25.1 Å². The number of aromatic nitrogens is 4. The van der Waals surface area contributed by atoms with E-state index in [1.54, 1.807) is 16.6 Å². The van der Waals surface area contributed by atoms with Crippen molar-refractivity contribution in [3.05, 3.63) is 78.1 Å². The highest BCUT2D eigenvalue weighted by atomic mass is 19.1. The van der Waals surface area contributed by atoms with E-state index in [0.29, 0.717) is 18.0 Å². The second-order valence-corrected chi connectivity index (χ2v) is 8.01. The number of nitrogens with one attached hydrogen (secondary N) is 1. The third kappa shape index (κ3) is 4.30. The maximum Gasteiger partial charge on any atom is 0.224 e. The number of nitrogens with zero attached hydrogens (tertiary/aromatic N) is 5. The van der Waals surface area contributed by atoms with E-state index in [0.717, 1.165) is 36.3 Å². The molecule has 32 heavy (non-hydrogen) atoms. The molecular formula is C24H23FN6O. The molecule has 8 heteroatoms. The summed E-state index contributed by atoms with van der Waals surface area (Å²) in [4.78, 5) is 14.7. The Morgan fingerprint density at radius 3 is 2.66 bits per heavy atom. The van der Waals surface area contributed by atoms with Crippen LogP contribution in [0.1, 0.15) is 18.4 Å². The second kappa shape index (κ2) is 8.74. The molecule has 1 aliphatic rings. The lowest BCUT2D eigenvalue weighted by molar-refractivity contribution is -0.121. The number of anilines is 1. The average Bonchev–Trinajstić information content (AvgIpc) is 3.25. The number of hydrogen-bond donors (Lipinski definition) is 1. The lowest BCUT2D eigenvalue weighted by Crippen LogP contribution is -2.48. The predicted octanol–water partition coefficient (Wildman–Crippen LogP) is 3.26. The third-order valence-corrected chi connectivity index (χ3v) is 5.67. The first-order valence-electron chi connectivity index (χ1n) is 10.7. The molecule has 0 saturated carbocycles. The molecule has 1 unspecified atom stereocenters. The van der Waals surface area contributed by atoms with Crippen molar-refractivity contribution < 1.29 is 9.18 Å². The summed E-state index contributed by atoms with van der Waals surface area (Å²) in [5.41, 5.74) is 2.44. The number of halogens is 1. The van der Waals surface area contributed by atoms with Gasteiger partial charge in [-0.1, -0.05) is 42.5 Å². The van der Waals surface area contributed by atoms with Gasteiger partial charge in [0.1, 0.15) is 11.6 Å². The van der Waals surface area contributed by atoms with E-state index in [-0.39, 0.29) is 24.2 Å². The summed E-state index contributed by atoms with van der Waals surface area (Å²) in [5, 5.41) is 16.4. The lowest BCUT2D eigenvalue weighted by atomic mass is 10.0. The summed E-state index contributed by atoms with van der Waals surface area (Å²) in [6, 6.07) is 19.8. The SMILES string of the molecule is O=C(Cc1ccc(F)cc1)NC1CCCN(c2ccc3nnc(-c4ccccc4)n3n2)C1. The Balaban J connectivity index is 1.29. The highest BCUT2D eigenvalue weighted by Crippen LogP contribution is 2.22. The Hall–Kier alpha value is -3.81. The Labute approximate surface area is 184 Å². The van der Waals surface area contributed by atoms with Gasteiger partial charge in [-0.3, -0.25) is 4.79 Å². The minimum Gasteiger partial charge on any atom is -0.353 e. The van der Waals surface area contributed by atoms with E-state index in [9.17, 15) is 9.18 Å². The topological polar surface area (TPSA) is 75.4 Å². The van der Waals surface area contributed by atoms with Gasteiger partial charge in [-0.25, -0.2) is 4.39 Å². The summed E-state index contributed by atoms with van der Waals surface area (Å²) in [6.07, 6.45) is 2.10. The molecule has 1 amide bonds. The van der Waals surface area contributed by atoms with Gasteiger partial charge in [0.15, 0.2) is 11.5 Å². The Morgan fingerprint density at radius 2 is 1.84 bits per heavy atom. The first-order valence-corrected chi connectivity index (χ1v) is 10.7. The van der Waals surface area contributed by atoms with Crippen LogP contribution in [0.4, 0.5) is 10.2 Å². The summed E-state index contributed by atoms with van der Waals surface area (Å²) in [5.74, 6) is 1.16. The van der Waals surface area contributed by atoms with E-state index in [2.05, 4.69) is 20.4 Å². The zero-order chi connectivity index (χ0) is 21.9. The second-order valence-electron chi connectivity index (χ2n) is 8.01. The van der Waals surface area contributed by atoms with Crippen LogP contribution in [-0.4, -0.2) is 44.8 Å². The minimum atomic E-state index is -0.301. The molecule has 1 fully saturated rings. The van der Waals surface area contributed by atoms with Crippen LogP contribution < -0.4 is 10.2 Å². The molecule has 1 saturated heterocycles. The van der Waals surface area contributed by atoms with Crippen LogP contribution in [0.15, 0.2) is 66.7 Å². The number of piperidine rings is 1. The van der Waals surface area contributed by atoms with E-state index in [1.165, 1.54) is 12.1 Å². The standard InChI is InChI=1S/C24H23FN6O/c25-19-10-8-17(9-11-19)15-23(32)26-20-7-4-14-30(16-20)22-13-12-21-27-28-24(31(21)29-22)18-5-2-1-3-6-18/h1-3,5-6,8-13,20H,4,7,14-16H2,(H,26,32). The number of rotatable bonds is 5. The minimum absolute atomic E-state index is 0.0312. The van der Waals surface area contributed by atoms with Gasteiger partial charge in [-0.15, -0.1) is 15.3 Å². The molecule has 0 radical (unpaired) electrons. The maximum atomic E-state index is 13.1. The number of fused-ring (bicyclic) bond motifs is 1. The van der Waals surface area contributed by atoms with Gasteiger partial charge in [-0.05, 0) is 42.7 Å². The number of carbonyl (C=O) groups is 1.